The minimum absolute atomic E-state index is 0.0637. The van der Waals surface area contributed by atoms with Gasteiger partial charge in [-0.1, -0.05) is 17.4 Å². The second-order valence-electron chi connectivity index (χ2n) is 8.10. The van der Waals surface area contributed by atoms with Gasteiger partial charge in [-0.15, -0.1) is 10.2 Å². The zero-order chi connectivity index (χ0) is 24.2. The van der Waals surface area contributed by atoms with Crippen LogP contribution in [0.5, 0.6) is 11.5 Å². The fourth-order valence-electron chi connectivity index (χ4n) is 3.91. The number of hydrogen-bond acceptors (Lipinski definition) is 9. The molecule has 4 heterocycles. The molecule has 0 aliphatic carbocycles. The number of nitrogens with zero attached hydrogens (tertiary/aromatic N) is 4. The highest BCUT2D eigenvalue weighted by Crippen LogP contribution is 2.34. The molecule has 5 rings (SSSR count). The van der Waals surface area contributed by atoms with Gasteiger partial charge in [0.25, 0.3) is 11.8 Å². The van der Waals surface area contributed by atoms with Gasteiger partial charge in [0.2, 0.25) is 22.7 Å². The van der Waals surface area contributed by atoms with Crippen LogP contribution in [0.25, 0.3) is 0 Å². The number of rotatable bonds is 6. The lowest BCUT2D eigenvalue weighted by molar-refractivity contribution is -0.126. The molecule has 35 heavy (non-hydrogen) atoms. The summed E-state index contributed by atoms with van der Waals surface area (Å²) in [5.74, 6) is -0.0861. The van der Waals surface area contributed by atoms with E-state index in [1.54, 1.807) is 35.5 Å². The van der Waals surface area contributed by atoms with Crippen LogP contribution in [0.4, 0.5) is 5.69 Å². The molecule has 2 aromatic heterocycles. The van der Waals surface area contributed by atoms with E-state index in [9.17, 15) is 14.4 Å². The second kappa shape index (κ2) is 10.1. The molecule has 1 saturated heterocycles. The standard InChI is InChI=1S/C23H22N6O5S/c30-19(25-11-14-3-1-7-24-10-14)15-4-2-8-29(12-15)23(32)22-28-27-21(35-22)20(31)26-16-5-6-17-18(9-16)34-13-33-17/h1,3,5-7,9-10,15H,2,4,8,11-13H2,(H,25,30)(H,26,31)/t15-/m0/s1. The Morgan fingerprint density at radius 3 is 2.83 bits per heavy atom. The number of amides is 3. The van der Waals surface area contributed by atoms with Gasteiger partial charge in [-0.3, -0.25) is 19.4 Å². The van der Waals surface area contributed by atoms with Gasteiger partial charge in [0.05, 0.1) is 5.92 Å². The molecule has 11 nitrogen and oxygen atoms in total. The van der Waals surface area contributed by atoms with E-state index in [4.69, 9.17) is 9.47 Å². The van der Waals surface area contributed by atoms with Crippen molar-refractivity contribution in [1.82, 2.24) is 25.4 Å². The molecule has 180 valence electrons. The van der Waals surface area contributed by atoms with E-state index in [2.05, 4.69) is 25.8 Å². The number of fused-ring (bicyclic) bond motifs is 1. The van der Waals surface area contributed by atoms with Crippen molar-refractivity contribution in [2.24, 2.45) is 5.92 Å². The Bertz CT molecular complexity index is 1250. The van der Waals surface area contributed by atoms with E-state index in [-0.39, 0.29) is 41.1 Å². The highest BCUT2D eigenvalue weighted by atomic mass is 32.1. The summed E-state index contributed by atoms with van der Waals surface area (Å²) < 4.78 is 10.6. The number of anilines is 1. The number of piperidine rings is 1. The summed E-state index contributed by atoms with van der Waals surface area (Å²) in [6.07, 6.45) is 4.78. The third kappa shape index (κ3) is 5.22. The van der Waals surface area contributed by atoms with Crippen molar-refractivity contribution in [3.8, 4) is 11.5 Å². The smallest absolute Gasteiger partial charge is 0.286 e. The van der Waals surface area contributed by atoms with Crippen LogP contribution in [0.1, 0.15) is 38.0 Å². The molecule has 0 spiro atoms. The summed E-state index contributed by atoms with van der Waals surface area (Å²) in [5.41, 5.74) is 1.42. The Labute approximate surface area is 204 Å². The van der Waals surface area contributed by atoms with Crippen LogP contribution >= 0.6 is 11.3 Å². The molecule has 3 amide bonds. The molecule has 3 aromatic rings. The van der Waals surface area contributed by atoms with Crippen LogP contribution in [0.2, 0.25) is 0 Å². The van der Waals surface area contributed by atoms with Crippen molar-refractivity contribution in [2.75, 3.05) is 25.2 Å². The average molecular weight is 495 g/mol. The summed E-state index contributed by atoms with van der Waals surface area (Å²) in [5, 5.41) is 13.6. The lowest BCUT2D eigenvalue weighted by Crippen LogP contribution is -2.45. The highest BCUT2D eigenvalue weighted by Gasteiger charge is 2.31. The number of hydrogen-bond donors (Lipinski definition) is 2. The summed E-state index contributed by atoms with van der Waals surface area (Å²) in [4.78, 5) is 43.9. The van der Waals surface area contributed by atoms with Crippen molar-refractivity contribution in [2.45, 2.75) is 19.4 Å². The monoisotopic (exact) mass is 494 g/mol. The predicted octanol–water partition coefficient (Wildman–Crippen LogP) is 2.08. The van der Waals surface area contributed by atoms with Gasteiger partial charge in [-0.2, -0.15) is 0 Å². The topological polar surface area (TPSA) is 136 Å². The zero-order valence-corrected chi connectivity index (χ0v) is 19.4. The first-order chi connectivity index (χ1) is 17.1. The Morgan fingerprint density at radius 2 is 1.97 bits per heavy atom. The Balaban J connectivity index is 1.17. The first-order valence-electron chi connectivity index (χ1n) is 11.1. The molecule has 1 atom stereocenters. The molecule has 12 heteroatoms. The van der Waals surface area contributed by atoms with Crippen molar-refractivity contribution in [3.05, 3.63) is 58.3 Å². The molecule has 2 aliphatic heterocycles. The van der Waals surface area contributed by atoms with Crippen LogP contribution in [0, 0.1) is 5.92 Å². The quantitative estimate of drug-likeness (QED) is 0.532. The molecule has 0 bridgehead atoms. The summed E-state index contributed by atoms with van der Waals surface area (Å²) in [6.45, 7) is 1.33. The van der Waals surface area contributed by atoms with Gasteiger partial charge < -0.3 is 25.0 Å². The first-order valence-corrected chi connectivity index (χ1v) is 11.9. The number of carbonyl (C=O) groups is 3. The molecule has 0 saturated carbocycles. The van der Waals surface area contributed by atoms with Crippen molar-refractivity contribution < 1.29 is 23.9 Å². The van der Waals surface area contributed by atoms with Gasteiger partial charge in [0, 0.05) is 43.8 Å². The van der Waals surface area contributed by atoms with Crippen LogP contribution in [-0.2, 0) is 11.3 Å². The first kappa shape index (κ1) is 22.7. The van der Waals surface area contributed by atoms with E-state index in [0.29, 0.717) is 43.1 Å². The van der Waals surface area contributed by atoms with E-state index < -0.39 is 5.91 Å². The van der Waals surface area contributed by atoms with Crippen LogP contribution in [-0.4, -0.2) is 57.7 Å². The number of likely N-dealkylation sites (tertiary alicyclic amines) is 1. The molecule has 0 radical (unpaired) electrons. The number of ether oxygens (including phenoxy) is 2. The third-order valence-corrected chi connectivity index (χ3v) is 6.61. The molecule has 2 N–H and O–H groups in total. The maximum absolute atomic E-state index is 13.0. The number of pyridine rings is 1. The fourth-order valence-corrected chi connectivity index (χ4v) is 4.61. The van der Waals surface area contributed by atoms with Gasteiger partial charge in [0.1, 0.15) is 0 Å². The average Bonchev–Trinajstić information content (AvgIpc) is 3.57. The molecule has 0 unspecified atom stereocenters. The van der Waals surface area contributed by atoms with Gasteiger partial charge in [-0.25, -0.2) is 0 Å². The van der Waals surface area contributed by atoms with Crippen molar-refractivity contribution >= 4 is 34.7 Å². The largest absolute Gasteiger partial charge is 0.454 e. The third-order valence-electron chi connectivity index (χ3n) is 5.70. The van der Waals surface area contributed by atoms with Crippen molar-refractivity contribution in [3.63, 3.8) is 0 Å². The maximum atomic E-state index is 13.0. The minimum Gasteiger partial charge on any atom is -0.454 e. The Morgan fingerprint density at radius 1 is 1.11 bits per heavy atom. The number of aromatic nitrogens is 3. The lowest BCUT2D eigenvalue weighted by Gasteiger charge is -2.31. The van der Waals surface area contributed by atoms with E-state index in [0.717, 1.165) is 16.9 Å². The van der Waals surface area contributed by atoms with E-state index in [1.165, 1.54) is 0 Å². The summed E-state index contributed by atoms with van der Waals surface area (Å²) in [7, 11) is 0. The summed E-state index contributed by atoms with van der Waals surface area (Å²) in [6, 6.07) is 8.74. The Kier molecular flexibility index (Phi) is 6.53. The predicted molar refractivity (Wildman–Crippen MR) is 125 cm³/mol. The van der Waals surface area contributed by atoms with E-state index in [1.807, 2.05) is 12.1 Å². The lowest BCUT2D eigenvalue weighted by atomic mass is 9.97. The SMILES string of the molecule is O=C(Nc1ccc2c(c1)OCO2)c1nnc(C(=O)N2CCC[C@H](C(=O)NCc3cccnc3)C2)s1. The number of carbonyl (C=O) groups excluding carboxylic acids is 3. The van der Waals surface area contributed by atoms with Gasteiger partial charge in [-0.05, 0) is 36.6 Å². The Hall–Kier alpha value is -4.06. The molecule has 2 aliphatic rings. The zero-order valence-electron chi connectivity index (χ0n) is 18.6. The van der Waals surface area contributed by atoms with Gasteiger partial charge in [0.15, 0.2) is 11.5 Å². The molecule has 1 aromatic carbocycles. The second-order valence-corrected chi connectivity index (χ2v) is 9.08. The summed E-state index contributed by atoms with van der Waals surface area (Å²) >= 11 is 0.916. The molecule has 1 fully saturated rings. The maximum Gasteiger partial charge on any atom is 0.286 e. The number of nitrogens with one attached hydrogen (secondary N) is 2. The van der Waals surface area contributed by atoms with Crippen LogP contribution in [0.15, 0.2) is 42.7 Å². The van der Waals surface area contributed by atoms with E-state index >= 15 is 0 Å². The minimum atomic E-state index is -0.480. The van der Waals surface area contributed by atoms with Gasteiger partial charge >= 0.3 is 0 Å². The highest BCUT2D eigenvalue weighted by molar-refractivity contribution is 7.15. The number of benzene rings is 1. The van der Waals surface area contributed by atoms with Crippen LogP contribution in [0.3, 0.4) is 0 Å². The van der Waals surface area contributed by atoms with Crippen LogP contribution < -0.4 is 20.1 Å². The normalized spacial score (nSPS) is 16.6. The fraction of sp³-hybridized carbons (Fsp3) is 0.304. The molecular weight excluding hydrogens is 472 g/mol. The molecular formula is C23H22N6O5S. The van der Waals surface area contributed by atoms with Crippen molar-refractivity contribution in [1.29, 1.82) is 0 Å².